The minimum Gasteiger partial charge on any atom is -0.497 e. The van der Waals surface area contributed by atoms with Crippen molar-refractivity contribution in [2.75, 3.05) is 7.11 Å². The number of benzene rings is 1. The maximum absolute atomic E-state index is 12.0. The van der Waals surface area contributed by atoms with Gasteiger partial charge in [0.05, 0.1) is 7.11 Å². The lowest BCUT2D eigenvalue weighted by Crippen LogP contribution is -2.26. The highest BCUT2D eigenvalue weighted by Crippen LogP contribution is 2.49. The fourth-order valence-electron chi connectivity index (χ4n) is 3.88. The zero-order valence-electron chi connectivity index (χ0n) is 12.1. The molecule has 1 N–H and O–H groups in total. The number of hydrogen-bond donors (Lipinski definition) is 1. The molecule has 0 aliphatic heterocycles. The summed E-state index contributed by atoms with van der Waals surface area (Å²) in [6.07, 6.45) is 6.12. The number of nitrogens with one attached hydrogen (secondary N) is 1. The Bertz CT molecular complexity index is 468. The van der Waals surface area contributed by atoms with Crippen LogP contribution in [0.15, 0.2) is 24.3 Å². The maximum atomic E-state index is 12.0. The summed E-state index contributed by atoms with van der Waals surface area (Å²) >= 11 is 0. The minimum atomic E-state index is 0.207. The van der Waals surface area contributed by atoms with Crippen LogP contribution in [-0.2, 0) is 11.3 Å². The highest BCUT2D eigenvalue weighted by atomic mass is 16.5. The van der Waals surface area contributed by atoms with Gasteiger partial charge in [0.25, 0.3) is 0 Å². The van der Waals surface area contributed by atoms with Gasteiger partial charge in [-0.05, 0) is 54.7 Å². The first-order valence-corrected chi connectivity index (χ1v) is 7.64. The molecule has 0 aromatic heterocycles. The lowest BCUT2D eigenvalue weighted by Gasteiger charge is -2.20. The monoisotopic (exact) mass is 273 g/mol. The van der Waals surface area contributed by atoms with E-state index in [1.54, 1.807) is 7.11 Å². The molecule has 0 saturated heterocycles. The number of carbonyl (C=O) groups excluding carboxylic acids is 1. The Morgan fingerprint density at radius 3 is 2.65 bits per heavy atom. The van der Waals surface area contributed by atoms with E-state index in [1.807, 2.05) is 24.3 Å². The van der Waals surface area contributed by atoms with E-state index >= 15 is 0 Å². The number of carbonyl (C=O) groups is 1. The average molecular weight is 273 g/mol. The lowest BCUT2D eigenvalue weighted by atomic mass is 9.86. The van der Waals surface area contributed by atoms with Crippen LogP contribution in [0.2, 0.25) is 0 Å². The molecule has 2 aliphatic rings. The molecule has 20 heavy (non-hydrogen) atoms. The molecule has 0 radical (unpaired) electrons. The van der Waals surface area contributed by atoms with E-state index in [4.69, 9.17) is 4.74 Å². The van der Waals surface area contributed by atoms with Crippen molar-refractivity contribution in [2.45, 2.75) is 38.6 Å². The van der Waals surface area contributed by atoms with Gasteiger partial charge >= 0.3 is 0 Å². The number of fused-ring (bicyclic) bond motifs is 2. The summed E-state index contributed by atoms with van der Waals surface area (Å²) < 4.78 is 5.12. The zero-order chi connectivity index (χ0) is 13.9. The normalized spacial score (nSPS) is 27.6. The van der Waals surface area contributed by atoms with Gasteiger partial charge in [0, 0.05) is 13.0 Å². The van der Waals surface area contributed by atoms with Gasteiger partial charge in [-0.25, -0.2) is 0 Å². The fraction of sp³-hybridized carbons (Fsp3) is 0.588. The molecule has 1 aromatic rings. The van der Waals surface area contributed by atoms with Gasteiger partial charge in [0.2, 0.25) is 5.91 Å². The average Bonchev–Trinajstić information content (AvgIpc) is 3.08. The van der Waals surface area contributed by atoms with Crippen LogP contribution in [-0.4, -0.2) is 13.0 Å². The Balaban J connectivity index is 1.44. The van der Waals surface area contributed by atoms with Crippen molar-refractivity contribution >= 4 is 5.91 Å². The second-order valence-electron chi connectivity index (χ2n) is 6.26. The Morgan fingerprint density at radius 2 is 2.05 bits per heavy atom. The van der Waals surface area contributed by atoms with Crippen LogP contribution >= 0.6 is 0 Å². The summed E-state index contributed by atoms with van der Waals surface area (Å²) in [5.74, 6) is 3.44. The van der Waals surface area contributed by atoms with Gasteiger partial charge in [-0.2, -0.15) is 0 Å². The van der Waals surface area contributed by atoms with E-state index < -0.39 is 0 Å². The molecule has 2 bridgehead atoms. The van der Waals surface area contributed by atoms with E-state index in [0.29, 0.717) is 12.5 Å². The van der Waals surface area contributed by atoms with Crippen molar-refractivity contribution in [3.8, 4) is 5.75 Å². The predicted octanol–water partition coefficient (Wildman–Crippen LogP) is 3.14. The predicted molar refractivity (Wildman–Crippen MR) is 78.4 cm³/mol. The first-order chi connectivity index (χ1) is 9.74. The van der Waals surface area contributed by atoms with E-state index in [2.05, 4.69) is 5.32 Å². The first-order valence-electron chi connectivity index (χ1n) is 7.64. The molecule has 3 rings (SSSR count). The molecule has 0 unspecified atom stereocenters. The Kier molecular flexibility index (Phi) is 3.95. The van der Waals surface area contributed by atoms with Crippen molar-refractivity contribution in [2.24, 2.45) is 17.8 Å². The molecule has 1 amide bonds. The number of amides is 1. The molecular formula is C17H23NO2. The standard InChI is InChI=1S/C17H23NO2/c1-20-16-6-3-12(4-7-16)11-18-17(19)10-15-9-13-2-5-14(15)8-13/h3-4,6-7,13-15H,2,5,8-11H2,1H3,(H,18,19)/t13-,14-,15-/m1/s1. The maximum Gasteiger partial charge on any atom is 0.220 e. The number of methoxy groups -OCH3 is 1. The first kappa shape index (κ1) is 13.5. The van der Waals surface area contributed by atoms with Crippen LogP contribution in [0.5, 0.6) is 5.75 Å². The van der Waals surface area contributed by atoms with E-state index in [0.717, 1.165) is 29.6 Å². The van der Waals surface area contributed by atoms with Crippen LogP contribution in [0.4, 0.5) is 0 Å². The Morgan fingerprint density at radius 1 is 1.25 bits per heavy atom. The molecule has 0 spiro atoms. The van der Waals surface area contributed by atoms with Crippen molar-refractivity contribution in [1.29, 1.82) is 0 Å². The van der Waals surface area contributed by atoms with Crippen LogP contribution < -0.4 is 10.1 Å². The van der Waals surface area contributed by atoms with Crippen molar-refractivity contribution in [1.82, 2.24) is 5.32 Å². The minimum absolute atomic E-state index is 0.207. The van der Waals surface area contributed by atoms with Gasteiger partial charge in [0.15, 0.2) is 0 Å². The molecule has 2 aliphatic carbocycles. The summed E-state index contributed by atoms with van der Waals surface area (Å²) in [6, 6.07) is 7.85. The fourth-order valence-corrected chi connectivity index (χ4v) is 3.88. The lowest BCUT2D eigenvalue weighted by molar-refractivity contribution is -0.122. The third kappa shape index (κ3) is 2.97. The number of rotatable bonds is 5. The van der Waals surface area contributed by atoms with Crippen molar-refractivity contribution < 1.29 is 9.53 Å². The van der Waals surface area contributed by atoms with Gasteiger partial charge in [-0.1, -0.05) is 18.6 Å². The molecule has 3 heteroatoms. The molecule has 3 nitrogen and oxygen atoms in total. The van der Waals surface area contributed by atoms with Crippen LogP contribution in [0.3, 0.4) is 0 Å². The zero-order valence-corrected chi connectivity index (χ0v) is 12.1. The van der Waals surface area contributed by atoms with Crippen LogP contribution in [0.1, 0.15) is 37.7 Å². The van der Waals surface area contributed by atoms with Gasteiger partial charge in [-0.15, -0.1) is 0 Å². The summed E-state index contributed by atoms with van der Waals surface area (Å²) in [7, 11) is 1.66. The molecule has 2 fully saturated rings. The molecular weight excluding hydrogens is 250 g/mol. The third-order valence-corrected chi connectivity index (χ3v) is 4.98. The summed E-state index contributed by atoms with van der Waals surface area (Å²) in [4.78, 5) is 12.0. The molecule has 0 heterocycles. The highest BCUT2D eigenvalue weighted by molar-refractivity contribution is 5.76. The Labute approximate surface area is 120 Å². The van der Waals surface area contributed by atoms with E-state index in [-0.39, 0.29) is 5.91 Å². The van der Waals surface area contributed by atoms with Gasteiger partial charge in [0.1, 0.15) is 5.75 Å². The topological polar surface area (TPSA) is 38.3 Å². The second-order valence-corrected chi connectivity index (χ2v) is 6.26. The van der Waals surface area contributed by atoms with Gasteiger partial charge in [-0.3, -0.25) is 4.79 Å². The second kappa shape index (κ2) is 5.86. The van der Waals surface area contributed by atoms with E-state index in [9.17, 15) is 4.79 Å². The van der Waals surface area contributed by atoms with E-state index in [1.165, 1.54) is 25.7 Å². The molecule has 3 atom stereocenters. The SMILES string of the molecule is COc1ccc(CNC(=O)C[C@H]2C[C@@H]3CC[C@@H]2C3)cc1. The summed E-state index contributed by atoms with van der Waals surface area (Å²) in [5.41, 5.74) is 1.12. The van der Waals surface area contributed by atoms with Crippen molar-refractivity contribution in [3.63, 3.8) is 0 Å². The van der Waals surface area contributed by atoms with Gasteiger partial charge < -0.3 is 10.1 Å². The van der Waals surface area contributed by atoms with Crippen molar-refractivity contribution in [3.05, 3.63) is 29.8 Å². The number of hydrogen-bond acceptors (Lipinski definition) is 2. The quantitative estimate of drug-likeness (QED) is 0.895. The molecule has 1 aromatic carbocycles. The van der Waals surface area contributed by atoms with Crippen LogP contribution in [0.25, 0.3) is 0 Å². The molecule has 108 valence electrons. The largest absolute Gasteiger partial charge is 0.497 e. The summed E-state index contributed by atoms with van der Waals surface area (Å²) in [6.45, 7) is 0.615. The van der Waals surface area contributed by atoms with Crippen LogP contribution in [0, 0.1) is 17.8 Å². The summed E-state index contributed by atoms with van der Waals surface area (Å²) in [5, 5.41) is 3.04. The molecule has 2 saturated carbocycles. The highest BCUT2D eigenvalue weighted by Gasteiger charge is 2.39. The number of ether oxygens (including phenoxy) is 1. The third-order valence-electron chi connectivity index (χ3n) is 4.98. The smallest absolute Gasteiger partial charge is 0.220 e. The Hall–Kier alpha value is -1.51.